The molecule has 2 aromatic rings. The largest absolute Gasteiger partial charge is 0.441 e. The molecule has 0 spiro atoms. The van der Waals surface area contributed by atoms with E-state index in [0.717, 1.165) is 5.69 Å². The molecule has 9 nitrogen and oxygen atoms in total. The maximum absolute atomic E-state index is 11.9. The molecule has 0 bridgehead atoms. The number of nitro groups is 1. The molecular weight excluding hydrogens is 397 g/mol. The quantitative estimate of drug-likeness (QED) is 0.382. The van der Waals surface area contributed by atoms with Crippen LogP contribution < -0.4 is 10.2 Å². The van der Waals surface area contributed by atoms with Crippen LogP contribution in [0.25, 0.3) is 0 Å². The number of imidazole rings is 1. The number of nitrogens with zero attached hydrogens (tertiary/aromatic N) is 4. The highest BCUT2D eigenvalue weighted by Gasteiger charge is 2.18. The fraction of sp³-hybridized carbons (Fsp3) is 0.375. The van der Waals surface area contributed by atoms with Gasteiger partial charge in [-0.2, -0.15) is 0 Å². The molecule has 0 radical (unpaired) electrons. The van der Waals surface area contributed by atoms with Crippen molar-refractivity contribution in [3.8, 4) is 0 Å². The normalized spacial score (nSPS) is 10.5. The summed E-state index contributed by atoms with van der Waals surface area (Å²) < 4.78 is 6.34. The van der Waals surface area contributed by atoms with Crippen LogP contribution in [0.2, 0.25) is 0 Å². The van der Waals surface area contributed by atoms with Crippen LogP contribution in [0.15, 0.2) is 30.5 Å². The Balaban J connectivity index is 1.91. The molecule has 1 aromatic carbocycles. The van der Waals surface area contributed by atoms with E-state index in [1.54, 1.807) is 12.1 Å². The van der Waals surface area contributed by atoms with Crippen molar-refractivity contribution in [2.75, 3.05) is 35.1 Å². The predicted molar refractivity (Wildman–Crippen MR) is 104 cm³/mol. The number of rotatable bonds is 9. The molecule has 1 amide bonds. The molecule has 11 heteroatoms. The zero-order valence-corrected chi connectivity index (χ0v) is 16.1. The van der Waals surface area contributed by atoms with E-state index >= 15 is 0 Å². The summed E-state index contributed by atoms with van der Waals surface area (Å²) >= 11 is 11.6. The second kappa shape index (κ2) is 9.98. The van der Waals surface area contributed by atoms with Gasteiger partial charge in [-0.25, -0.2) is 9.36 Å². The molecule has 0 aliphatic heterocycles. The zero-order chi connectivity index (χ0) is 19.8. The summed E-state index contributed by atoms with van der Waals surface area (Å²) in [7, 11) is 1.48. The lowest BCUT2D eigenvalue weighted by atomic mass is 10.2. The summed E-state index contributed by atoms with van der Waals surface area (Å²) in [5, 5.41) is 13.4. The monoisotopic (exact) mass is 415 g/mol. The number of carbonyl (C=O) groups excluding carboxylic acids is 1. The van der Waals surface area contributed by atoms with Crippen LogP contribution in [-0.4, -0.2) is 45.4 Å². The molecule has 0 aliphatic rings. The summed E-state index contributed by atoms with van der Waals surface area (Å²) in [6, 6.07) is 7.17. The predicted octanol–water partition coefficient (Wildman–Crippen LogP) is 3.36. The minimum absolute atomic E-state index is 0.138. The first-order chi connectivity index (χ1) is 13.0. The van der Waals surface area contributed by atoms with E-state index in [1.807, 2.05) is 17.0 Å². The first-order valence-electron chi connectivity index (χ1n) is 8.02. The molecule has 0 aliphatic carbocycles. The summed E-state index contributed by atoms with van der Waals surface area (Å²) in [6.07, 6.45) is 0.618. The number of nitrogens with one attached hydrogen (secondary N) is 1. The number of carbonyl (C=O) groups is 1. The SMILES string of the molecule is Cn1c(COC(=O)Nc2ccc(N(CCCl)CCCl)cc2)cnc1[N+](=O)[O-]. The maximum atomic E-state index is 11.9. The van der Waals surface area contributed by atoms with Crippen molar-refractivity contribution in [3.05, 3.63) is 46.3 Å². The lowest BCUT2D eigenvalue weighted by Gasteiger charge is -2.23. The van der Waals surface area contributed by atoms with Gasteiger partial charge in [-0.05, 0) is 29.2 Å². The van der Waals surface area contributed by atoms with Crippen molar-refractivity contribution in [2.24, 2.45) is 7.05 Å². The Kier molecular flexibility index (Phi) is 7.68. The van der Waals surface area contributed by atoms with Gasteiger partial charge in [0.1, 0.15) is 6.20 Å². The summed E-state index contributed by atoms with van der Waals surface area (Å²) in [5.41, 5.74) is 1.90. The van der Waals surface area contributed by atoms with Gasteiger partial charge in [0.15, 0.2) is 12.3 Å². The van der Waals surface area contributed by atoms with Gasteiger partial charge in [0, 0.05) is 36.2 Å². The first-order valence-corrected chi connectivity index (χ1v) is 9.09. The first kappa shape index (κ1) is 20.8. The Bertz CT molecular complexity index is 776. The number of amides is 1. The van der Waals surface area contributed by atoms with Crippen LogP contribution >= 0.6 is 23.2 Å². The molecule has 27 heavy (non-hydrogen) atoms. The molecule has 0 unspecified atom stereocenters. The van der Waals surface area contributed by atoms with Gasteiger partial charge < -0.3 is 19.8 Å². The fourth-order valence-electron chi connectivity index (χ4n) is 2.36. The van der Waals surface area contributed by atoms with Crippen LogP contribution in [0.4, 0.5) is 22.1 Å². The van der Waals surface area contributed by atoms with Gasteiger partial charge in [0.2, 0.25) is 0 Å². The van der Waals surface area contributed by atoms with E-state index in [4.69, 9.17) is 27.9 Å². The number of ether oxygens (including phenoxy) is 1. The van der Waals surface area contributed by atoms with Crippen LogP contribution in [0.3, 0.4) is 0 Å². The average Bonchev–Trinajstić information content (AvgIpc) is 3.01. The number of alkyl halides is 2. The van der Waals surface area contributed by atoms with Gasteiger partial charge in [-0.3, -0.25) is 5.32 Å². The molecule has 1 aromatic heterocycles. The highest BCUT2D eigenvalue weighted by Crippen LogP contribution is 2.19. The standard InChI is InChI=1S/C16H19Cl2N5O4/c1-21-14(10-19-15(21)23(25)26)11-27-16(24)20-12-2-4-13(5-3-12)22(8-6-17)9-7-18/h2-5,10H,6-9,11H2,1H3,(H,20,24). The molecular formula is C16H19Cl2N5O4. The minimum Gasteiger partial charge on any atom is -0.441 e. The number of benzene rings is 1. The number of aromatic nitrogens is 2. The van der Waals surface area contributed by atoms with E-state index in [0.29, 0.717) is 36.2 Å². The Morgan fingerprint density at radius 3 is 2.44 bits per heavy atom. The molecule has 0 saturated carbocycles. The summed E-state index contributed by atoms with van der Waals surface area (Å²) in [4.78, 5) is 27.8. The summed E-state index contributed by atoms with van der Waals surface area (Å²) in [6.45, 7) is 1.19. The minimum atomic E-state index is -0.676. The fourth-order valence-corrected chi connectivity index (χ4v) is 2.77. The molecule has 0 atom stereocenters. The number of anilines is 2. The van der Waals surface area contributed by atoms with Gasteiger partial charge in [0.25, 0.3) is 0 Å². The van der Waals surface area contributed by atoms with Crippen molar-refractivity contribution >= 4 is 46.6 Å². The molecule has 0 fully saturated rings. The van der Waals surface area contributed by atoms with E-state index < -0.39 is 11.0 Å². The zero-order valence-electron chi connectivity index (χ0n) is 14.6. The van der Waals surface area contributed by atoms with Crippen molar-refractivity contribution in [1.29, 1.82) is 0 Å². The molecule has 146 valence electrons. The van der Waals surface area contributed by atoms with Gasteiger partial charge in [-0.1, -0.05) is 4.98 Å². The third-order valence-corrected chi connectivity index (χ3v) is 4.10. The van der Waals surface area contributed by atoms with Gasteiger partial charge >= 0.3 is 12.0 Å². The average molecular weight is 416 g/mol. The molecule has 0 saturated heterocycles. The Labute approximate surface area is 166 Å². The van der Waals surface area contributed by atoms with Crippen molar-refractivity contribution in [3.63, 3.8) is 0 Å². The Morgan fingerprint density at radius 2 is 1.93 bits per heavy atom. The van der Waals surface area contributed by atoms with Crippen LogP contribution in [0, 0.1) is 10.1 Å². The van der Waals surface area contributed by atoms with Crippen molar-refractivity contribution in [2.45, 2.75) is 6.61 Å². The summed E-state index contributed by atoms with van der Waals surface area (Å²) in [5.74, 6) is 0.646. The van der Waals surface area contributed by atoms with Crippen LogP contribution in [-0.2, 0) is 18.4 Å². The van der Waals surface area contributed by atoms with Crippen LogP contribution in [0.1, 0.15) is 5.69 Å². The van der Waals surface area contributed by atoms with E-state index in [1.165, 1.54) is 17.8 Å². The number of hydrogen-bond donors (Lipinski definition) is 1. The molecule has 1 heterocycles. The highest BCUT2D eigenvalue weighted by molar-refractivity contribution is 6.18. The van der Waals surface area contributed by atoms with Crippen molar-refractivity contribution in [1.82, 2.24) is 9.55 Å². The number of hydrogen-bond acceptors (Lipinski definition) is 6. The smallest absolute Gasteiger partial charge is 0.434 e. The lowest BCUT2D eigenvalue weighted by molar-refractivity contribution is -0.396. The topological polar surface area (TPSA) is 103 Å². The van der Waals surface area contributed by atoms with E-state index in [2.05, 4.69) is 10.3 Å². The third kappa shape index (κ3) is 5.73. The highest BCUT2D eigenvalue weighted by atomic mass is 35.5. The number of halogens is 2. The van der Waals surface area contributed by atoms with Gasteiger partial charge in [-0.15, -0.1) is 23.2 Å². The maximum Gasteiger partial charge on any atom is 0.434 e. The Hall–Kier alpha value is -2.52. The van der Waals surface area contributed by atoms with Gasteiger partial charge in [0.05, 0.1) is 7.05 Å². The van der Waals surface area contributed by atoms with E-state index in [9.17, 15) is 14.9 Å². The third-order valence-electron chi connectivity index (χ3n) is 3.76. The van der Waals surface area contributed by atoms with E-state index in [-0.39, 0.29) is 12.6 Å². The molecule has 1 N–H and O–H groups in total. The second-order valence-electron chi connectivity index (χ2n) is 5.48. The lowest BCUT2D eigenvalue weighted by Crippen LogP contribution is -2.27. The second-order valence-corrected chi connectivity index (χ2v) is 6.23. The molecule has 2 rings (SSSR count). The Morgan fingerprint density at radius 1 is 1.30 bits per heavy atom. The van der Waals surface area contributed by atoms with Crippen molar-refractivity contribution < 1.29 is 14.5 Å². The van der Waals surface area contributed by atoms with Crippen LogP contribution in [0.5, 0.6) is 0 Å².